The van der Waals surface area contributed by atoms with E-state index >= 15 is 0 Å². The van der Waals surface area contributed by atoms with Crippen molar-refractivity contribution in [2.45, 2.75) is 18.7 Å². The van der Waals surface area contributed by atoms with Crippen LogP contribution < -0.4 is 9.64 Å². The zero-order valence-electron chi connectivity index (χ0n) is 17.0. The van der Waals surface area contributed by atoms with Crippen LogP contribution in [0.3, 0.4) is 0 Å². The summed E-state index contributed by atoms with van der Waals surface area (Å²) < 4.78 is 34.9. The fourth-order valence-corrected chi connectivity index (χ4v) is 4.95. The van der Waals surface area contributed by atoms with Crippen molar-refractivity contribution in [3.8, 4) is 11.6 Å². The standard InChI is InChI=1S/C20H24N6O3S/c1-3-29-18-6-5-17(13-16(18)2)30(27,28)25-11-9-24(10-12-25)19-14-20(22-15-21-19)26-8-4-7-23-26/h4-8,13-15H,3,9-12H2,1-2H3. The second-order valence-corrected chi connectivity index (χ2v) is 8.87. The summed E-state index contributed by atoms with van der Waals surface area (Å²) in [5.74, 6) is 2.13. The number of hydrogen-bond donors (Lipinski definition) is 0. The van der Waals surface area contributed by atoms with Crippen molar-refractivity contribution >= 4 is 15.8 Å². The first-order chi connectivity index (χ1) is 14.5. The van der Waals surface area contributed by atoms with E-state index in [1.165, 1.54) is 10.6 Å². The summed E-state index contributed by atoms with van der Waals surface area (Å²) in [5.41, 5.74) is 0.809. The van der Waals surface area contributed by atoms with E-state index in [2.05, 4.69) is 20.0 Å². The Bertz CT molecular complexity index is 1110. The molecule has 0 aliphatic carbocycles. The molecule has 0 atom stereocenters. The molecule has 1 saturated heterocycles. The molecule has 1 aliphatic rings. The van der Waals surface area contributed by atoms with Crippen LogP contribution in [0.25, 0.3) is 5.82 Å². The number of aromatic nitrogens is 4. The number of piperazine rings is 1. The van der Waals surface area contributed by atoms with Gasteiger partial charge in [-0.15, -0.1) is 0 Å². The summed E-state index contributed by atoms with van der Waals surface area (Å²) in [7, 11) is -3.56. The molecule has 0 unspecified atom stereocenters. The van der Waals surface area contributed by atoms with Gasteiger partial charge in [-0.3, -0.25) is 0 Å². The molecule has 1 fully saturated rings. The van der Waals surface area contributed by atoms with Crippen LogP contribution in [0.2, 0.25) is 0 Å². The molecule has 9 nitrogen and oxygen atoms in total. The second kappa shape index (κ2) is 8.41. The molecular formula is C20H24N6O3S. The van der Waals surface area contributed by atoms with Crippen LogP contribution >= 0.6 is 0 Å². The highest BCUT2D eigenvalue weighted by Crippen LogP contribution is 2.25. The Balaban J connectivity index is 1.47. The van der Waals surface area contributed by atoms with Gasteiger partial charge in [0, 0.05) is 44.6 Å². The fraction of sp³-hybridized carbons (Fsp3) is 0.350. The van der Waals surface area contributed by atoms with E-state index in [0.29, 0.717) is 49.2 Å². The van der Waals surface area contributed by atoms with Crippen molar-refractivity contribution in [2.24, 2.45) is 0 Å². The molecule has 4 rings (SSSR count). The van der Waals surface area contributed by atoms with Gasteiger partial charge in [-0.1, -0.05) is 0 Å². The van der Waals surface area contributed by atoms with Gasteiger partial charge in [0.05, 0.1) is 11.5 Å². The maximum absolute atomic E-state index is 13.1. The van der Waals surface area contributed by atoms with E-state index < -0.39 is 10.0 Å². The maximum atomic E-state index is 13.1. The maximum Gasteiger partial charge on any atom is 0.243 e. The smallest absolute Gasteiger partial charge is 0.243 e. The van der Waals surface area contributed by atoms with Gasteiger partial charge in [0.15, 0.2) is 5.82 Å². The molecule has 30 heavy (non-hydrogen) atoms. The topological polar surface area (TPSA) is 93.5 Å². The first-order valence-electron chi connectivity index (χ1n) is 9.79. The number of anilines is 1. The summed E-state index contributed by atoms with van der Waals surface area (Å²) in [6.07, 6.45) is 5.00. The molecule has 10 heteroatoms. The van der Waals surface area contributed by atoms with Crippen LogP contribution in [-0.2, 0) is 10.0 Å². The average molecular weight is 429 g/mol. The summed E-state index contributed by atoms with van der Waals surface area (Å²) >= 11 is 0. The minimum Gasteiger partial charge on any atom is -0.494 e. The van der Waals surface area contributed by atoms with E-state index in [9.17, 15) is 8.42 Å². The largest absolute Gasteiger partial charge is 0.494 e. The zero-order chi connectivity index (χ0) is 21.1. The number of benzene rings is 1. The van der Waals surface area contributed by atoms with Crippen molar-refractivity contribution in [1.29, 1.82) is 0 Å². The average Bonchev–Trinajstić information content (AvgIpc) is 3.30. The highest BCUT2D eigenvalue weighted by Gasteiger charge is 2.29. The number of sulfonamides is 1. The molecule has 0 saturated carbocycles. The molecule has 0 N–H and O–H groups in total. The Hall–Kier alpha value is -2.98. The lowest BCUT2D eigenvalue weighted by molar-refractivity contribution is 0.337. The van der Waals surface area contributed by atoms with Gasteiger partial charge in [0.25, 0.3) is 0 Å². The van der Waals surface area contributed by atoms with Gasteiger partial charge in [-0.05, 0) is 43.7 Å². The Morgan fingerprint density at radius 1 is 1.07 bits per heavy atom. The highest BCUT2D eigenvalue weighted by molar-refractivity contribution is 7.89. The molecule has 1 aliphatic heterocycles. The molecule has 0 spiro atoms. The van der Waals surface area contributed by atoms with Crippen molar-refractivity contribution in [2.75, 3.05) is 37.7 Å². The Kier molecular flexibility index (Phi) is 5.69. The molecule has 2 aromatic heterocycles. The van der Waals surface area contributed by atoms with Crippen LogP contribution in [0.15, 0.2) is 53.9 Å². The van der Waals surface area contributed by atoms with Crippen LogP contribution in [0.5, 0.6) is 5.75 Å². The molecular weight excluding hydrogens is 404 g/mol. The normalized spacial score (nSPS) is 15.3. The van der Waals surface area contributed by atoms with Crippen molar-refractivity contribution in [1.82, 2.24) is 24.1 Å². The molecule has 158 valence electrons. The van der Waals surface area contributed by atoms with Gasteiger partial charge in [-0.25, -0.2) is 23.1 Å². The van der Waals surface area contributed by atoms with Crippen LogP contribution in [-0.4, -0.2) is 65.3 Å². The van der Waals surface area contributed by atoms with E-state index in [1.54, 1.807) is 29.1 Å². The number of nitrogens with zero attached hydrogens (tertiary/aromatic N) is 6. The highest BCUT2D eigenvalue weighted by atomic mass is 32.2. The SMILES string of the molecule is CCOc1ccc(S(=O)(=O)N2CCN(c3cc(-n4cccn4)ncn3)CC2)cc1C. The summed E-state index contributed by atoms with van der Waals surface area (Å²) in [6, 6.07) is 8.69. The monoisotopic (exact) mass is 428 g/mol. The first-order valence-corrected chi connectivity index (χ1v) is 11.2. The molecule has 0 amide bonds. The van der Waals surface area contributed by atoms with Crippen molar-refractivity contribution in [3.63, 3.8) is 0 Å². The molecule has 0 bridgehead atoms. The summed E-state index contributed by atoms with van der Waals surface area (Å²) in [6.45, 7) is 6.16. The van der Waals surface area contributed by atoms with Gasteiger partial charge in [0.2, 0.25) is 10.0 Å². The number of hydrogen-bond acceptors (Lipinski definition) is 7. The minimum atomic E-state index is -3.56. The van der Waals surface area contributed by atoms with E-state index in [4.69, 9.17) is 4.74 Å². The Morgan fingerprint density at radius 3 is 2.50 bits per heavy atom. The predicted molar refractivity (Wildman–Crippen MR) is 112 cm³/mol. The van der Waals surface area contributed by atoms with E-state index in [0.717, 1.165) is 11.4 Å². The van der Waals surface area contributed by atoms with Crippen LogP contribution in [0, 0.1) is 6.92 Å². The van der Waals surface area contributed by atoms with Gasteiger partial charge < -0.3 is 9.64 Å². The third kappa shape index (κ3) is 4.01. The van der Waals surface area contributed by atoms with Crippen LogP contribution in [0.4, 0.5) is 5.82 Å². The van der Waals surface area contributed by atoms with E-state index in [1.807, 2.05) is 32.2 Å². The summed E-state index contributed by atoms with van der Waals surface area (Å²) in [5, 5.41) is 4.19. The lowest BCUT2D eigenvalue weighted by Crippen LogP contribution is -2.49. The second-order valence-electron chi connectivity index (χ2n) is 6.94. The zero-order valence-corrected chi connectivity index (χ0v) is 17.8. The summed E-state index contributed by atoms with van der Waals surface area (Å²) in [4.78, 5) is 10.9. The third-order valence-corrected chi connectivity index (χ3v) is 6.92. The third-order valence-electron chi connectivity index (χ3n) is 5.02. The fourth-order valence-electron chi connectivity index (χ4n) is 3.45. The Labute approximate surface area is 176 Å². The van der Waals surface area contributed by atoms with Gasteiger partial charge in [-0.2, -0.15) is 9.40 Å². The van der Waals surface area contributed by atoms with Crippen molar-refractivity contribution < 1.29 is 13.2 Å². The van der Waals surface area contributed by atoms with Gasteiger partial charge in [0.1, 0.15) is 17.9 Å². The molecule has 0 radical (unpaired) electrons. The minimum absolute atomic E-state index is 0.292. The lowest BCUT2D eigenvalue weighted by atomic mass is 10.2. The van der Waals surface area contributed by atoms with Crippen LogP contribution in [0.1, 0.15) is 12.5 Å². The molecule has 3 aromatic rings. The number of aryl methyl sites for hydroxylation is 1. The predicted octanol–water partition coefficient (Wildman–Crippen LogP) is 1.88. The van der Waals surface area contributed by atoms with Crippen molar-refractivity contribution in [3.05, 3.63) is 54.6 Å². The molecule has 3 heterocycles. The molecule has 1 aromatic carbocycles. The van der Waals surface area contributed by atoms with E-state index in [-0.39, 0.29) is 0 Å². The Morgan fingerprint density at radius 2 is 1.83 bits per heavy atom. The van der Waals surface area contributed by atoms with Gasteiger partial charge >= 0.3 is 0 Å². The number of ether oxygens (including phenoxy) is 1. The first kappa shape index (κ1) is 20.3. The lowest BCUT2D eigenvalue weighted by Gasteiger charge is -2.34. The number of rotatable bonds is 6. The quantitative estimate of drug-likeness (QED) is 0.592.